The molecule has 1 aliphatic rings. The molecule has 1 amide bonds. The van der Waals surface area contributed by atoms with Gasteiger partial charge in [0, 0.05) is 12.0 Å². The van der Waals surface area contributed by atoms with E-state index in [1.54, 1.807) is 0 Å². The zero-order valence-electron chi connectivity index (χ0n) is 12.5. The molecule has 0 spiro atoms. The van der Waals surface area contributed by atoms with Crippen LogP contribution in [0.15, 0.2) is 0 Å². The fourth-order valence-electron chi connectivity index (χ4n) is 2.94. The van der Waals surface area contributed by atoms with E-state index in [1.807, 2.05) is 0 Å². The van der Waals surface area contributed by atoms with E-state index in [0.29, 0.717) is 19.0 Å². The molecule has 1 aliphatic carbocycles. The lowest BCUT2D eigenvalue weighted by Gasteiger charge is -2.32. The van der Waals surface area contributed by atoms with E-state index >= 15 is 0 Å². The molecule has 0 unspecified atom stereocenters. The van der Waals surface area contributed by atoms with Crippen LogP contribution in [0, 0.1) is 16.7 Å². The molecule has 0 aromatic heterocycles. The third kappa shape index (κ3) is 3.98. The molecule has 3 nitrogen and oxygen atoms in total. The number of carbonyl (C=O) groups excluding carboxylic acids is 1. The van der Waals surface area contributed by atoms with E-state index in [4.69, 9.17) is 5.73 Å². The van der Waals surface area contributed by atoms with Crippen molar-refractivity contribution in [3.05, 3.63) is 0 Å². The van der Waals surface area contributed by atoms with Crippen molar-refractivity contribution in [1.29, 1.82) is 0 Å². The molecule has 0 saturated heterocycles. The van der Waals surface area contributed by atoms with Crippen molar-refractivity contribution in [1.82, 2.24) is 5.32 Å². The van der Waals surface area contributed by atoms with Crippen molar-refractivity contribution in [3.63, 3.8) is 0 Å². The molecule has 1 fully saturated rings. The smallest absolute Gasteiger partial charge is 0.226 e. The maximum atomic E-state index is 12.5. The summed E-state index contributed by atoms with van der Waals surface area (Å²) in [7, 11) is 0. The number of nitrogens with two attached hydrogens (primary N) is 1. The first kappa shape index (κ1) is 15.5. The highest BCUT2D eigenvalue weighted by molar-refractivity contribution is 5.83. The maximum absolute atomic E-state index is 12.5. The molecule has 1 saturated carbocycles. The highest BCUT2D eigenvalue weighted by atomic mass is 16.2. The maximum Gasteiger partial charge on any atom is 0.226 e. The summed E-state index contributed by atoms with van der Waals surface area (Å²) in [5.74, 6) is 0.839. The summed E-state index contributed by atoms with van der Waals surface area (Å²) >= 11 is 0. The minimum absolute atomic E-state index is 0.00666. The van der Waals surface area contributed by atoms with Gasteiger partial charge in [-0.25, -0.2) is 0 Å². The lowest BCUT2D eigenvalue weighted by atomic mass is 9.77. The second-order valence-electron chi connectivity index (χ2n) is 7.14. The number of hydrogen-bond acceptors (Lipinski definition) is 2. The lowest BCUT2D eigenvalue weighted by molar-refractivity contribution is -0.132. The van der Waals surface area contributed by atoms with E-state index in [2.05, 4.69) is 33.0 Å². The Hall–Kier alpha value is -0.570. The molecule has 0 atom stereocenters. The number of amides is 1. The molecule has 0 heterocycles. The Bertz CT molecular complexity index is 278. The largest absolute Gasteiger partial charge is 0.355 e. The minimum Gasteiger partial charge on any atom is -0.355 e. The fraction of sp³-hybridized carbons (Fsp3) is 0.933. The molecular weight excluding hydrogens is 224 g/mol. The van der Waals surface area contributed by atoms with Crippen molar-refractivity contribution < 1.29 is 4.79 Å². The lowest BCUT2D eigenvalue weighted by Crippen LogP contribution is -2.45. The van der Waals surface area contributed by atoms with Gasteiger partial charge in [0.1, 0.15) is 0 Å². The molecule has 0 bridgehead atoms. The van der Waals surface area contributed by atoms with Gasteiger partial charge in [-0.05, 0) is 37.1 Å². The van der Waals surface area contributed by atoms with Crippen LogP contribution < -0.4 is 11.1 Å². The van der Waals surface area contributed by atoms with Crippen LogP contribution in [0.3, 0.4) is 0 Å². The van der Waals surface area contributed by atoms with Crippen LogP contribution in [0.25, 0.3) is 0 Å². The van der Waals surface area contributed by atoms with Crippen molar-refractivity contribution in [2.45, 2.75) is 59.8 Å². The summed E-state index contributed by atoms with van der Waals surface area (Å²) in [5, 5.41) is 3.14. The average molecular weight is 254 g/mol. The summed E-state index contributed by atoms with van der Waals surface area (Å²) in [5.41, 5.74) is 5.60. The zero-order valence-corrected chi connectivity index (χ0v) is 12.5. The number of hydrogen-bond donors (Lipinski definition) is 2. The predicted octanol–water partition coefficient (Wildman–Crippen LogP) is 2.69. The summed E-state index contributed by atoms with van der Waals surface area (Å²) < 4.78 is 0. The topological polar surface area (TPSA) is 55.1 Å². The van der Waals surface area contributed by atoms with Crippen LogP contribution >= 0.6 is 0 Å². The molecule has 18 heavy (non-hydrogen) atoms. The zero-order chi connectivity index (χ0) is 13.8. The second kappa shape index (κ2) is 6.05. The fourth-order valence-corrected chi connectivity index (χ4v) is 2.94. The third-order valence-electron chi connectivity index (χ3n) is 4.12. The Kier molecular flexibility index (Phi) is 5.20. The Morgan fingerprint density at radius 3 is 2.33 bits per heavy atom. The second-order valence-corrected chi connectivity index (χ2v) is 7.14. The van der Waals surface area contributed by atoms with Gasteiger partial charge in [-0.2, -0.15) is 0 Å². The summed E-state index contributed by atoms with van der Waals surface area (Å²) in [4.78, 5) is 12.5. The molecule has 3 N–H and O–H groups in total. The van der Waals surface area contributed by atoms with E-state index in [9.17, 15) is 4.79 Å². The summed E-state index contributed by atoms with van der Waals surface area (Å²) in [6, 6.07) is 0. The summed E-state index contributed by atoms with van der Waals surface area (Å²) in [6.07, 6.45) is 5.52. The number of carbonyl (C=O) groups is 1. The van der Waals surface area contributed by atoms with Gasteiger partial charge >= 0.3 is 0 Å². The van der Waals surface area contributed by atoms with E-state index in [-0.39, 0.29) is 16.7 Å². The summed E-state index contributed by atoms with van der Waals surface area (Å²) in [6.45, 7) is 9.88. The highest BCUT2D eigenvalue weighted by Crippen LogP contribution is 2.43. The quantitative estimate of drug-likeness (QED) is 0.765. The molecule has 0 aliphatic heterocycles. The van der Waals surface area contributed by atoms with Crippen LogP contribution in [-0.4, -0.2) is 19.0 Å². The van der Waals surface area contributed by atoms with E-state index < -0.39 is 0 Å². The highest BCUT2D eigenvalue weighted by Gasteiger charge is 2.41. The van der Waals surface area contributed by atoms with E-state index in [1.165, 1.54) is 12.8 Å². The standard InChI is InChI=1S/C15H30N2O/c1-12(2)9-15(7-5-6-8-15)13(18)17-11-14(3,4)10-16/h12H,5-11,16H2,1-4H3,(H,17,18). The monoisotopic (exact) mass is 254 g/mol. The Morgan fingerprint density at radius 2 is 1.89 bits per heavy atom. The third-order valence-corrected chi connectivity index (χ3v) is 4.12. The Balaban J connectivity index is 2.61. The van der Waals surface area contributed by atoms with Crippen molar-refractivity contribution in [2.24, 2.45) is 22.5 Å². The molecule has 3 heteroatoms. The normalized spacial score (nSPS) is 19.2. The first-order chi connectivity index (χ1) is 8.31. The molecule has 0 aromatic carbocycles. The van der Waals surface area contributed by atoms with Gasteiger partial charge in [0.15, 0.2) is 0 Å². The Labute approximate surface area is 112 Å². The molecule has 1 rings (SSSR count). The van der Waals surface area contributed by atoms with Crippen LogP contribution in [0.5, 0.6) is 0 Å². The molecule has 0 aromatic rings. The van der Waals surface area contributed by atoms with Gasteiger partial charge in [-0.15, -0.1) is 0 Å². The minimum atomic E-state index is -0.0984. The van der Waals surface area contributed by atoms with Gasteiger partial charge in [-0.3, -0.25) is 4.79 Å². The van der Waals surface area contributed by atoms with Crippen LogP contribution in [0.1, 0.15) is 59.8 Å². The first-order valence-electron chi connectivity index (χ1n) is 7.30. The Morgan fingerprint density at radius 1 is 1.33 bits per heavy atom. The van der Waals surface area contributed by atoms with Crippen LogP contribution in [0.2, 0.25) is 0 Å². The first-order valence-corrected chi connectivity index (χ1v) is 7.30. The molecular formula is C15H30N2O. The van der Waals surface area contributed by atoms with Gasteiger partial charge in [0.25, 0.3) is 0 Å². The molecule has 0 radical (unpaired) electrons. The van der Waals surface area contributed by atoms with Gasteiger partial charge in [0.05, 0.1) is 0 Å². The van der Waals surface area contributed by atoms with E-state index in [0.717, 1.165) is 19.3 Å². The predicted molar refractivity (Wildman–Crippen MR) is 76.2 cm³/mol. The van der Waals surface area contributed by atoms with Crippen molar-refractivity contribution in [2.75, 3.05) is 13.1 Å². The van der Waals surface area contributed by atoms with Gasteiger partial charge in [0.2, 0.25) is 5.91 Å². The SMILES string of the molecule is CC(C)CC1(C(=O)NCC(C)(C)CN)CCCC1. The van der Waals surface area contributed by atoms with Crippen molar-refractivity contribution in [3.8, 4) is 0 Å². The van der Waals surface area contributed by atoms with Crippen LogP contribution in [0.4, 0.5) is 0 Å². The number of nitrogens with one attached hydrogen (secondary N) is 1. The number of rotatable bonds is 6. The van der Waals surface area contributed by atoms with Crippen molar-refractivity contribution >= 4 is 5.91 Å². The van der Waals surface area contributed by atoms with Crippen LogP contribution in [-0.2, 0) is 4.79 Å². The van der Waals surface area contributed by atoms with Gasteiger partial charge in [-0.1, -0.05) is 40.5 Å². The molecule has 106 valence electrons. The van der Waals surface area contributed by atoms with Gasteiger partial charge < -0.3 is 11.1 Å². The average Bonchev–Trinajstić information content (AvgIpc) is 2.75.